The summed E-state index contributed by atoms with van der Waals surface area (Å²) in [6.07, 6.45) is 3.16. The van der Waals surface area contributed by atoms with Crippen molar-refractivity contribution >= 4 is 17.4 Å². The van der Waals surface area contributed by atoms with Crippen LogP contribution < -0.4 is 15.4 Å². The van der Waals surface area contributed by atoms with Crippen molar-refractivity contribution in [2.24, 2.45) is 0 Å². The Bertz CT molecular complexity index is 836. The van der Waals surface area contributed by atoms with Crippen LogP contribution in [0.2, 0.25) is 0 Å². The number of ether oxygens (including phenoxy) is 1. The number of nitrogens with zero attached hydrogens (tertiary/aromatic N) is 5. The van der Waals surface area contributed by atoms with E-state index < -0.39 is 0 Å². The first-order chi connectivity index (χ1) is 13.2. The Hall–Kier alpha value is -2.94. The van der Waals surface area contributed by atoms with Gasteiger partial charge in [-0.25, -0.2) is 9.97 Å². The summed E-state index contributed by atoms with van der Waals surface area (Å²) < 4.78 is 5.36. The van der Waals surface area contributed by atoms with Gasteiger partial charge in [0.1, 0.15) is 17.8 Å². The molecule has 0 atom stereocenters. The number of carbonyl (C=O) groups is 1. The van der Waals surface area contributed by atoms with Crippen molar-refractivity contribution in [1.29, 1.82) is 0 Å². The highest BCUT2D eigenvalue weighted by molar-refractivity contribution is 5.93. The lowest BCUT2D eigenvalue weighted by Gasteiger charge is -2.36. The number of pyridine rings is 1. The molecule has 2 aromatic heterocycles. The maximum atomic E-state index is 12.8. The average Bonchev–Trinajstić information content (AvgIpc) is 2.75. The predicted octanol–water partition coefficient (Wildman–Crippen LogP) is -0.0361. The number of aromatic nitrogens is 3. The van der Waals surface area contributed by atoms with Crippen molar-refractivity contribution in [3.8, 4) is 0 Å². The van der Waals surface area contributed by atoms with Gasteiger partial charge in [0.15, 0.2) is 0 Å². The van der Waals surface area contributed by atoms with Crippen LogP contribution in [0.4, 0.5) is 11.5 Å². The van der Waals surface area contributed by atoms with E-state index in [1.807, 2.05) is 4.90 Å². The van der Waals surface area contributed by atoms with Crippen molar-refractivity contribution in [3.63, 3.8) is 0 Å². The number of nitrogens with one attached hydrogen (secondary N) is 1. The Morgan fingerprint density at radius 3 is 2.48 bits per heavy atom. The molecule has 2 aliphatic rings. The zero-order chi connectivity index (χ0) is 18.6. The predicted molar refractivity (Wildman–Crippen MR) is 100 cm³/mol. The third-order valence-corrected chi connectivity index (χ3v) is 4.91. The van der Waals surface area contributed by atoms with Gasteiger partial charge >= 0.3 is 0 Å². The maximum absolute atomic E-state index is 12.8. The fourth-order valence-corrected chi connectivity index (χ4v) is 3.36. The van der Waals surface area contributed by atoms with Crippen LogP contribution in [-0.4, -0.2) is 78.2 Å². The summed E-state index contributed by atoms with van der Waals surface area (Å²) in [6.45, 7) is 5.49. The number of carbonyl (C=O) groups excluding carboxylic acids is 1. The molecule has 4 heterocycles. The number of morpholine rings is 1. The molecule has 2 aliphatic heterocycles. The summed E-state index contributed by atoms with van der Waals surface area (Å²) in [5.41, 5.74) is 1.26. The molecule has 1 N–H and O–H groups in total. The highest BCUT2D eigenvalue weighted by Gasteiger charge is 2.24. The second-order valence-electron chi connectivity index (χ2n) is 6.55. The van der Waals surface area contributed by atoms with E-state index in [1.54, 1.807) is 18.3 Å². The minimum Gasteiger partial charge on any atom is -0.378 e. The van der Waals surface area contributed by atoms with Gasteiger partial charge in [0.05, 0.1) is 18.9 Å². The third kappa shape index (κ3) is 3.92. The smallest absolute Gasteiger partial charge is 0.272 e. The first-order valence-electron chi connectivity index (χ1n) is 9.08. The standard InChI is InChI=1S/C18H22N6O3/c25-17-2-1-14(12-19-17)22-3-5-24(6-4-22)18(26)15-11-16(21-13-20-15)23-7-9-27-10-8-23/h1-2,11-13H,3-10H2,(H,19,25). The highest BCUT2D eigenvalue weighted by atomic mass is 16.5. The van der Waals surface area contributed by atoms with Crippen LogP contribution in [-0.2, 0) is 4.74 Å². The van der Waals surface area contributed by atoms with Crippen molar-refractivity contribution in [1.82, 2.24) is 19.9 Å². The van der Waals surface area contributed by atoms with Gasteiger partial charge in [0.25, 0.3) is 5.91 Å². The van der Waals surface area contributed by atoms with Crippen LogP contribution in [0.25, 0.3) is 0 Å². The number of hydrogen-bond donors (Lipinski definition) is 1. The molecule has 0 spiro atoms. The summed E-state index contributed by atoms with van der Waals surface area (Å²) in [7, 11) is 0. The molecule has 9 heteroatoms. The summed E-state index contributed by atoms with van der Waals surface area (Å²) >= 11 is 0. The van der Waals surface area contributed by atoms with Gasteiger partial charge in [0.2, 0.25) is 5.56 Å². The molecule has 2 fully saturated rings. The quantitative estimate of drug-likeness (QED) is 0.810. The van der Waals surface area contributed by atoms with Crippen LogP contribution in [0.1, 0.15) is 10.5 Å². The van der Waals surface area contributed by atoms with Gasteiger partial charge in [-0.05, 0) is 6.07 Å². The molecular formula is C18H22N6O3. The van der Waals surface area contributed by atoms with Crippen LogP contribution in [0.3, 0.4) is 0 Å². The van der Waals surface area contributed by atoms with E-state index in [9.17, 15) is 9.59 Å². The van der Waals surface area contributed by atoms with Crippen LogP contribution in [0, 0.1) is 0 Å². The Balaban J connectivity index is 1.40. The molecule has 2 saturated heterocycles. The molecule has 0 unspecified atom stereocenters. The van der Waals surface area contributed by atoms with E-state index in [2.05, 4.69) is 24.8 Å². The average molecular weight is 370 g/mol. The molecular weight excluding hydrogens is 348 g/mol. The Kier molecular flexibility index (Phi) is 5.01. The van der Waals surface area contributed by atoms with Gasteiger partial charge < -0.3 is 24.4 Å². The molecule has 0 aromatic carbocycles. The largest absolute Gasteiger partial charge is 0.378 e. The lowest BCUT2D eigenvalue weighted by Crippen LogP contribution is -2.49. The minimum absolute atomic E-state index is 0.0759. The Labute approximate surface area is 156 Å². The molecule has 9 nitrogen and oxygen atoms in total. The second kappa shape index (κ2) is 7.75. The SMILES string of the molecule is O=C(c1cc(N2CCOCC2)ncn1)N1CCN(c2ccc(=O)[nH]c2)CC1. The van der Waals surface area contributed by atoms with E-state index in [1.165, 1.54) is 12.4 Å². The minimum atomic E-state index is -0.118. The lowest BCUT2D eigenvalue weighted by molar-refractivity contribution is 0.0740. The Morgan fingerprint density at radius 2 is 1.78 bits per heavy atom. The zero-order valence-corrected chi connectivity index (χ0v) is 15.0. The molecule has 1 amide bonds. The van der Waals surface area contributed by atoms with E-state index >= 15 is 0 Å². The van der Waals surface area contributed by atoms with Gasteiger partial charge in [-0.2, -0.15) is 0 Å². The van der Waals surface area contributed by atoms with Gasteiger partial charge in [-0.1, -0.05) is 0 Å². The number of H-pyrrole nitrogens is 1. The molecule has 0 aliphatic carbocycles. The van der Waals surface area contributed by atoms with Crippen LogP contribution in [0.15, 0.2) is 35.5 Å². The maximum Gasteiger partial charge on any atom is 0.272 e. The number of rotatable bonds is 3. The second-order valence-corrected chi connectivity index (χ2v) is 6.55. The fourth-order valence-electron chi connectivity index (χ4n) is 3.36. The highest BCUT2D eigenvalue weighted by Crippen LogP contribution is 2.17. The molecule has 0 saturated carbocycles. The number of anilines is 2. The topological polar surface area (TPSA) is 94.7 Å². The number of amides is 1. The first-order valence-corrected chi connectivity index (χ1v) is 9.08. The van der Waals surface area contributed by atoms with E-state index in [-0.39, 0.29) is 11.5 Å². The van der Waals surface area contributed by atoms with Crippen molar-refractivity contribution in [2.45, 2.75) is 0 Å². The molecule has 4 rings (SSSR count). The van der Waals surface area contributed by atoms with Gasteiger partial charge in [-0.3, -0.25) is 9.59 Å². The van der Waals surface area contributed by atoms with Crippen molar-refractivity contribution < 1.29 is 9.53 Å². The van der Waals surface area contributed by atoms with Gasteiger partial charge in [0, 0.05) is 57.6 Å². The lowest BCUT2D eigenvalue weighted by atomic mass is 10.2. The number of aromatic amines is 1. The van der Waals surface area contributed by atoms with Crippen molar-refractivity contribution in [2.75, 3.05) is 62.3 Å². The van der Waals surface area contributed by atoms with Crippen LogP contribution >= 0.6 is 0 Å². The Morgan fingerprint density at radius 1 is 1.00 bits per heavy atom. The summed E-state index contributed by atoms with van der Waals surface area (Å²) in [5, 5.41) is 0. The van der Waals surface area contributed by atoms with E-state index in [0.717, 1.165) is 24.6 Å². The number of hydrogen-bond acceptors (Lipinski definition) is 7. The first kappa shape index (κ1) is 17.5. The molecule has 142 valence electrons. The summed E-state index contributed by atoms with van der Waals surface area (Å²) in [5.74, 6) is 0.691. The molecule has 2 aromatic rings. The summed E-state index contributed by atoms with van der Waals surface area (Å²) in [4.78, 5) is 41.3. The molecule has 0 radical (unpaired) electrons. The van der Waals surface area contributed by atoms with Crippen molar-refractivity contribution in [3.05, 3.63) is 46.8 Å². The van der Waals surface area contributed by atoms with Crippen LogP contribution in [0.5, 0.6) is 0 Å². The van der Waals surface area contributed by atoms with Gasteiger partial charge in [-0.15, -0.1) is 0 Å². The van der Waals surface area contributed by atoms with E-state index in [4.69, 9.17) is 4.74 Å². The summed E-state index contributed by atoms with van der Waals surface area (Å²) in [6, 6.07) is 5.08. The monoisotopic (exact) mass is 370 g/mol. The van der Waals surface area contributed by atoms with E-state index in [0.29, 0.717) is 45.1 Å². The molecule has 0 bridgehead atoms. The normalized spacial score (nSPS) is 17.9. The zero-order valence-electron chi connectivity index (χ0n) is 15.0. The molecule has 27 heavy (non-hydrogen) atoms. The number of piperazine rings is 1. The third-order valence-electron chi connectivity index (χ3n) is 4.91. The fraction of sp³-hybridized carbons (Fsp3) is 0.444.